The Hall–Kier alpha value is -1.47. The second-order valence-electron chi connectivity index (χ2n) is 6.63. The van der Waals surface area contributed by atoms with E-state index in [0.717, 1.165) is 48.6 Å². The number of nitrogens with one attached hydrogen (secondary N) is 1. The molecule has 0 aromatic heterocycles. The van der Waals surface area contributed by atoms with Crippen molar-refractivity contribution in [3.8, 4) is 0 Å². The van der Waals surface area contributed by atoms with E-state index in [1.54, 1.807) is 11.8 Å². The average Bonchev–Trinajstić information content (AvgIpc) is 3.05. The molecule has 0 bridgehead atoms. The highest BCUT2D eigenvalue weighted by Crippen LogP contribution is 2.34. The van der Waals surface area contributed by atoms with Gasteiger partial charge in [0.15, 0.2) is 5.66 Å². The number of thioether (sulfide) groups is 1. The summed E-state index contributed by atoms with van der Waals surface area (Å²) in [5.41, 5.74) is 3.65. The van der Waals surface area contributed by atoms with Gasteiger partial charge in [0.25, 0.3) is 0 Å². The van der Waals surface area contributed by atoms with Crippen LogP contribution < -0.4 is 5.32 Å². The summed E-state index contributed by atoms with van der Waals surface area (Å²) in [7, 11) is 0. The smallest absolute Gasteiger partial charge is 0.151 e. The van der Waals surface area contributed by atoms with Crippen molar-refractivity contribution in [1.29, 1.82) is 0 Å². The molecule has 5 nitrogen and oxygen atoms in total. The maximum absolute atomic E-state index is 4.99. The number of fused-ring (bicyclic) bond motifs is 1. The maximum atomic E-state index is 4.99. The number of hydrogen-bond acceptors (Lipinski definition) is 5. The number of nitrogens with zero attached hydrogens (tertiary/aromatic N) is 3. The molecule has 1 fully saturated rings. The summed E-state index contributed by atoms with van der Waals surface area (Å²) >= 11 is 1.75. The number of aliphatic imine (C=N–C) groups is 3. The molecule has 0 radical (unpaired) electrons. The minimum atomic E-state index is -0.342. The van der Waals surface area contributed by atoms with Crippen molar-refractivity contribution in [2.24, 2.45) is 20.9 Å². The Balaban J connectivity index is 0.00000121. The summed E-state index contributed by atoms with van der Waals surface area (Å²) < 4.78 is 0. The van der Waals surface area contributed by atoms with Gasteiger partial charge in [-0.15, -0.1) is 24.2 Å². The van der Waals surface area contributed by atoms with Gasteiger partial charge < -0.3 is 10.8 Å². The first-order valence-corrected chi connectivity index (χ1v) is 9.71. The lowest BCUT2D eigenvalue weighted by Crippen LogP contribution is -2.42. The van der Waals surface area contributed by atoms with E-state index in [-0.39, 0.29) is 23.5 Å². The Morgan fingerprint density at radius 1 is 1.12 bits per heavy atom. The number of rotatable bonds is 3. The van der Waals surface area contributed by atoms with Crippen molar-refractivity contribution in [3.63, 3.8) is 0 Å². The van der Waals surface area contributed by atoms with Gasteiger partial charge in [-0.05, 0) is 57.3 Å². The molecular formula is C19H25ClN4OS. The van der Waals surface area contributed by atoms with Gasteiger partial charge in [0.05, 0.1) is 17.6 Å². The van der Waals surface area contributed by atoms with Crippen LogP contribution in [0, 0.1) is 5.92 Å². The van der Waals surface area contributed by atoms with Crippen LogP contribution in [0.15, 0.2) is 50.2 Å². The molecule has 0 spiro atoms. The molecule has 3 heterocycles. The molecule has 1 atom stereocenters. The molecule has 0 aliphatic carbocycles. The predicted molar refractivity (Wildman–Crippen MR) is 114 cm³/mol. The highest BCUT2D eigenvalue weighted by molar-refractivity contribution is 7.98. The van der Waals surface area contributed by atoms with Crippen molar-refractivity contribution >= 4 is 47.5 Å². The van der Waals surface area contributed by atoms with Crippen LogP contribution in [0.3, 0.4) is 0 Å². The Bertz CT molecular complexity index is 766. The molecule has 3 aliphatic heterocycles. The third-order valence-electron chi connectivity index (χ3n) is 5.07. The standard InChI is InChI=1S/C19H22N4S.ClH.H2O/c1-19(14-7-9-20-10-8-14)21-12-18-17(23-19)11-16(22-18)13-3-5-15(24-2)6-4-13;;/h3-6,11-12,14,20H,7-10H2,1-2H3;1H;1H2. The first-order valence-electron chi connectivity index (χ1n) is 8.49. The molecule has 1 aromatic rings. The lowest BCUT2D eigenvalue weighted by Gasteiger charge is -2.35. The quantitative estimate of drug-likeness (QED) is 0.802. The molecule has 7 heteroatoms. The number of allylic oxidation sites excluding steroid dienone is 1. The Labute approximate surface area is 164 Å². The van der Waals surface area contributed by atoms with Gasteiger partial charge >= 0.3 is 0 Å². The van der Waals surface area contributed by atoms with E-state index < -0.39 is 0 Å². The van der Waals surface area contributed by atoms with Crippen LogP contribution in [-0.4, -0.2) is 48.1 Å². The second-order valence-corrected chi connectivity index (χ2v) is 7.51. The number of halogens is 1. The monoisotopic (exact) mass is 392 g/mol. The average molecular weight is 393 g/mol. The number of hydrogen-bond donors (Lipinski definition) is 1. The summed E-state index contributed by atoms with van der Waals surface area (Å²) in [6, 6.07) is 8.53. The number of piperidine rings is 1. The molecule has 0 saturated carbocycles. The summed E-state index contributed by atoms with van der Waals surface area (Å²) in [4.78, 5) is 15.8. The zero-order chi connectivity index (χ0) is 16.6. The fourth-order valence-electron chi connectivity index (χ4n) is 3.55. The van der Waals surface area contributed by atoms with E-state index in [1.165, 1.54) is 4.90 Å². The third kappa shape index (κ3) is 3.93. The van der Waals surface area contributed by atoms with E-state index in [0.29, 0.717) is 5.92 Å². The van der Waals surface area contributed by atoms with E-state index >= 15 is 0 Å². The lowest BCUT2D eigenvalue weighted by atomic mass is 9.85. The Morgan fingerprint density at radius 3 is 2.46 bits per heavy atom. The van der Waals surface area contributed by atoms with Gasteiger partial charge in [0.1, 0.15) is 5.71 Å². The van der Waals surface area contributed by atoms with Crippen LogP contribution in [0.25, 0.3) is 5.70 Å². The molecule has 26 heavy (non-hydrogen) atoms. The van der Waals surface area contributed by atoms with E-state index in [2.05, 4.69) is 48.8 Å². The third-order valence-corrected chi connectivity index (χ3v) is 5.81. The minimum Gasteiger partial charge on any atom is -0.412 e. The second kappa shape index (κ2) is 8.48. The largest absolute Gasteiger partial charge is 0.412 e. The van der Waals surface area contributed by atoms with Crippen LogP contribution in [0.5, 0.6) is 0 Å². The van der Waals surface area contributed by atoms with Gasteiger partial charge in [-0.25, -0.2) is 4.99 Å². The molecular weight excluding hydrogens is 368 g/mol. The first kappa shape index (κ1) is 20.8. The van der Waals surface area contributed by atoms with Gasteiger partial charge in [0.2, 0.25) is 0 Å². The molecule has 140 valence electrons. The van der Waals surface area contributed by atoms with Gasteiger partial charge in [-0.1, -0.05) is 12.1 Å². The molecule has 1 saturated heterocycles. The van der Waals surface area contributed by atoms with E-state index in [1.807, 2.05) is 6.21 Å². The van der Waals surface area contributed by atoms with Crippen LogP contribution in [0.4, 0.5) is 0 Å². The normalized spacial score (nSPS) is 24.6. The summed E-state index contributed by atoms with van der Waals surface area (Å²) in [6.07, 6.45) is 8.37. The Kier molecular flexibility index (Phi) is 6.80. The predicted octanol–water partition coefficient (Wildman–Crippen LogP) is 3.04. The molecule has 3 N–H and O–H groups in total. The SMILES string of the molecule is CSc1ccc(C2=CC3=NC(C)(C4CCNCC4)N=CC3=N2)cc1.Cl.O. The summed E-state index contributed by atoms with van der Waals surface area (Å²) in [5.74, 6) is 0.502. The van der Waals surface area contributed by atoms with Crippen LogP contribution in [0.2, 0.25) is 0 Å². The van der Waals surface area contributed by atoms with E-state index in [4.69, 9.17) is 15.0 Å². The molecule has 0 amide bonds. The molecule has 3 aliphatic rings. The van der Waals surface area contributed by atoms with Crippen molar-refractivity contribution in [1.82, 2.24) is 5.32 Å². The lowest BCUT2D eigenvalue weighted by molar-refractivity contribution is 0.244. The van der Waals surface area contributed by atoms with Gasteiger partial charge in [-0.2, -0.15) is 0 Å². The van der Waals surface area contributed by atoms with Crippen molar-refractivity contribution in [3.05, 3.63) is 35.9 Å². The summed E-state index contributed by atoms with van der Waals surface area (Å²) in [6.45, 7) is 4.28. The molecule has 4 rings (SSSR count). The van der Waals surface area contributed by atoms with Crippen molar-refractivity contribution in [2.75, 3.05) is 19.3 Å². The Morgan fingerprint density at radius 2 is 1.81 bits per heavy atom. The zero-order valence-electron chi connectivity index (χ0n) is 15.0. The van der Waals surface area contributed by atoms with Crippen molar-refractivity contribution < 1.29 is 5.48 Å². The van der Waals surface area contributed by atoms with Crippen LogP contribution >= 0.6 is 24.2 Å². The number of benzene rings is 1. The fourth-order valence-corrected chi connectivity index (χ4v) is 3.96. The highest BCUT2D eigenvalue weighted by Gasteiger charge is 2.37. The topological polar surface area (TPSA) is 80.6 Å². The van der Waals surface area contributed by atoms with Gasteiger partial charge in [0, 0.05) is 16.4 Å². The van der Waals surface area contributed by atoms with E-state index in [9.17, 15) is 0 Å². The van der Waals surface area contributed by atoms with Crippen LogP contribution in [-0.2, 0) is 0 Å². The van der Waals surface area contributed by atoms with Crippen LogP contribution in [0.1, 0.15) is 25.3 Å². The van der Waals surface area contributed by atoms with Crippen molar-refractivity contribution in [2.45, 2.75) is 30.3 Å². The zero-order valence-corrected chi connectivity index (χ0v) is 16.7. The maximum Gasteiger partial charge on any atom is 0.151 e. The minimum absolute atomic E-state index is 0. The summed E-state index contributed by atoms with van der Waals surface area (Å²) in [5, 5.41) is 3.42. The first-order chi connectivity index (χ1) is 11.7. The molecule has 1 unspecified atom stereocenters. The van der Waals surface area contributed by atoms with Gasteiger partial charge in [-0.3, -0.25) is 9.98 Å². The fraction of sp³-hybridized carbons (Fsp3) is 0.421. The highest BCUT2D eigenvalue weighted by atomic mass is 35.5. The molecule has 1 aromatic carbocycles.